The van der Waals surface area contributed by atoms with Crippen LogP contribution in [0.5, 0.6) is 0 Å². The average Bonchev–Trinajstić information content (AvgIpc) is 2.67. The standard InChI is InChI=1S/C8H13BrN4O3S2/c1-10-8(18(14,15)16)11-2-3-17-4-6-7(9)13-5-12-6/h5H,2-4H2,1H3,(H,10,11)(H,12,13)(H,14,15,16). The van der Waals surface area contributed by atoms with E-state index in [9.17, 15) is 8.42 Å². The minimum absolute atomic E-state index is 0.294. The minimum Gasteiger partial charge on any atom is -0.362 e. The monoisotopic (exact) mass is 356 g/mol. The molecule has 3 N–H and O–H groups in total. The largest absolute Gasteiger partial charge is 0.362 e. The van der Waals surface area contributed by atoms with Gasteiger partial charge in [-0.15, -0.1) is 0 Å². The van der Waals surface area contributed by atoms with E-state index in [2.05, 4.69) is 36.2 Å². The lowest BCUT2D eigenvalue weighted by molar-refractivity contribution is 0.496. The van der Waals surface area contributed by atoms with Crippen LogP contribution in [-0.4, -0.2) is 47.5 Å². The van der Waals surface area contributed by atoms with Crippen LogP contribution in [0.2, 0.25) is 0 Å². The highest BCUT2D eigenvalue weighted by molar-refractivity contribution is 9.10. The van der Waals surface area contributed by atoms with Crippen LogP contribution >= 0.6 is 27.7 Å². The van der Waals surface area contributed by atoms with E-state index < -0.39 is 15.3 Å². The lowest BCUT2D eigenvalue weighted by Gasteiger charge is -2.01. The molecule has 18 heavy (non-hydrogen) atoms. The Labute approximate surface area is 118 Å². The van der Waals surface area contributed by atoms with Gasteiger partial charge in [0.15, 0.2) is 0 Å². The smallest absolute Gasteiger partial charge is 0.327 e. The second-order valence-corrected chi connectivity index (χ2v) is 6.36. The molecule has 0 spiro atoms. The van der Waals surface area contributed by atoms with Gasteiger partial charge in [0, 0.05) is 18.6 Å². The van der Waals surface area contributed by atoms with Gasteiger partial charge in [-0.25, -0.2) is 4.98 Å². The van der Waals surface area contributed by atoms with E-state index in [0.717, 1.165) is 10.3 Å². The summed E-state index contributed by atoms with van der Waals surface area (Å²) in [7, 11) is -2.86. The zero-order valence-corrected chi connectivity index (χ0v) is 12.8. The van der Waals surface area contributed by atoms with Crippen molar-refractivity contribution in [2.24, 2.45) is 4.99 Å². The van der Waals surface area contributed by atoms with Crippen LogP contribution in [0.25, 0.3) is 0 Å². The highest BCUT2D eigenvalue weighted by Gasteiger charge is 2.12. The molecule has 1 aromatic heterocycles. The molecule has 1 aromatic rings. The summed E-state index contributed by atoms with van der Waals surface area (Å²) in [5.41, 5.74) is 0.896. The Bertz CT molecular complexity index is 514. The van der Waals surface area contributed by atoms with Crippen molar-refractivity contribution in [2.45, 2.75) is 5.75 Å². The number of rotatable bonds is 5. The van der Waals surface area contributed by atoms with E-state index in [1.165, 1.54) is 7.05 Å². The molecule has 0 aliphatic rings. The summed E-state index contributed by atoms with van der Waals surface area (Å²) in [5.74, 6) is 1.32. The van der Waals surface area contributed by atoms with Crippen LogP contribution in [0.1, 0.15) is 5.69 Å². The van der Waals surface area contributed by atoms with E-state index in [1.54, 1.807) is 18.1 Å². The summed E-state index contributed by atoms with van der Waals surface area (Å²) in [6, 6.07) is 0. The van der Waals surface area contributed by atoms with Gasteiger partial charge in [0.1, 0.15) is 4.60 Å². The zero-order valence-electron chi connectivity index (χ0n) is 9.55. The fourth-order valence-corrected chi connectivity index (χ4v) is 2.90. The third-order valence-corrected chi connectivity index (χ3v) is 4.31. The molecule has 0 saturated heterocycles. The van der Waals surface area contributed by atoms with Crippen molar-refractivity contribution in [1.82, 2.24) is 15.3 Å². The highest BCUT2D eigenvalue weighted by atomic mass is 79.9. The van der Waals surface area contributed by atoms with Gasteiger partial charge in [0.25, 0.3) is 0 Å². The molecule has 7 nitrogen and oxygen atoms in total. The van der Waals surface area contributed by atoms with Gasteiger partial charge in [-0.1, -0.05) is 0 Å². The molecule has 0 aliphatic carbocycles. The maximum Gasteiger partial charge on any atom is 0.327 e. The molecule has 102 valence electrons. The summed E-state index contributed by atoms with van der Waals surface area (Å²) in [6.07, 6.45) is 1.59. The Balaban J connectivity index is 2.35. The number of halogens is 1. The topological polar surface area (TPSA) is 107 Å². The van der Waals surface area contributed by atoms with E-state index >= 15 is 0 Å². The zero-order chi connectivity index (χ0) is 13.6. The number of nitrogens with one attached hydrogen (secondary N) is 2. The third kappa shape index (κ3) is 4.96. The minimum atomic E-state index is -4.25. The number of aromatic nitrogens is 2. The van der Waals surface area contributed by atoms with Crippen molar-refractivity contribution in [3.8, 4) is 0 Å². The van der Waals surface area contributed by atoms with Crippen molar-refractivity contribution in [1.29, 1.82) is 0 Å². The fourth-order valence-electron chi connectivity index (χ4n) is 1.08. The molecular formula is C8H13BrN4O3S2. The lowest BCUT2D eigenvalue weighted by Crippen LogP contribution is -2.28. The van der Waals surface area contributed by atoms with E-state index in [4.69, 9.17) is 4.55 Å². The third-order valence-electron chi connectivity index (χ3n) is 1.85. The predicted octanol–water partition coefficient (Wildman–Crippen LogP) is 0.869. The van der Waals surface area contributed by atoms with Crippen molar-refractivity contribution in [2.75, 3.05) is 19.3 Å². The van der Waals surface area contributed by atoms with Gasteiger partial charge in [0.2, 0.25) is 5.17 Å². The van der Waals surface area contributed by atoms with Crippen LogP contribution in [-0.2, 0) is 15.9 Å². The van der Waals surface area contributed by atoms with E-state index in [-0.39, 0.29) is 0 Å². The van der Waals surface area contributed by atoms with Gasteiger partial charge in [-0.3, -0.25) is 9.55 Å². The second-order valence-electron chi connectivity index (χ2n) is 3.13. The highest BCUT2D eigenvalue weighted by Crippen LogP contribution is 2.17. The molecule has 0 amide bonds. The van der Waals surface area contributed by atoms with Crippen molar-refractivity contribution >= 4 is 43.0 Å². The molecule has 1 rings (SSSR count). The molecule has 0 aliphatic heterocycles. The first-order valence-electron chi connectivity index (χ1n) is 4.90. The van der Waals surface area contributed by atoms with Crippen LogP contribution in [0.15, 0.2) is 15.9 Å². The number of H-pyrrole nitrogens is 1. The molecule has 0 radical (unpaired) electrons. The Morgan fingerprint density at radius 3 is 2.94 bits per heavy atom. The first-order valence-corrected chi connectivity index (χ1v) is 8.29. The summed E-state index contributed by atoms with van der Waals surface area (Å²) >= 11 is 4.88. The Hall–Kier alpha value is -0.580. The number of nitrogens with zero attached hydrogens (tertiary/aromatic N) is 2. The molecule has 0 fully saturated rings. The molecule has 10 heteroatoms. The van der Waals surface area contributed by atoms with Crippen molar-refractivity contribution in [3.63, 3.8) is 0 Å². The van der Waals surface area contributed by atoms with Crippen LogP contribution < -0.4 is 5.32 Å². The molecule has 0 atom stereocenters. The number of aromatic amines is 1. The number of amidine groups is 1. The predicted molar refractivity (Wildman–Crippen MR) is 75.4 cm³/mol. The summed E-state index contributed by atoms with van der Waals surface area (Å²) in [6.45, 7) is 0.294. The second kappa shape index (κ2) is 7.12. The fraction of sp³-hybridized carbons (Fsp3) is 0.500. The first kappa shape index (κ1) is 15.5. The van der Waals surface area contributed by atoms with Gasteiger partial charge in [-0.2, -0.15) is 20.2 Å². The normalized spacial score (nSPS) is 12.7. The Morgan fingerprint density at radius 2 is 2.44 bits per heavy atom. The maximum absolute atomic E-state index is 10.8. The summed E-state index contributed by atoms with van der Waals surface area (Å²) in [4.78, 5) is 10.8. The molecule has 0 aromatic carbocycles. The van der Waals surface area contributed by atoms with Crippen LogP contribution in [0, 0.1) is 0 Å². The molecular weight excluding hydrogens is 344 g/mol. The number of imidazole rings is 1. The maximum atomic E-state index is 10.8. The molecule has 1 heterocycles. The quantitative estimate of drug-likeness (QED) is 0.312. The number of thioether (sulfide) groups is 1. The molecule has 0 bridgehead atoms. The van der Waals surface area contributed by atoms with Crippen molar-refractivity contribution < 1.29 is 13.0 Å². The van der Waals surface area contributed by atoms with Crippen LogP contribution in [0.4, 0.5) is 0 Å². The van der Waals surface area contributed by atoms with Gasteiger partial charge < -0.3 is 10.3 Å². The number of aliphatic imine (C=N–C) groups is 1. The number of hydrogen-bond donors (Lipinski definition) is 3. The van der Waals surface area contributed by atoms with Crippen molar-refractivity contribution in [3.05, 3.63) is 16.6 Å². The Kier molecular flexibility index (Phi) is 6.12. The molecule has 0 saturated carbocycles. The van der Waals surface area contributed by atoms with Gasteiger partial charge in [0.05, 0.1) is 18.6 Å². The SMILES string of the molecule is CN/C(=N\CCSCc1nc[nH]c1Br)S(=O)(=O)O. The molecule has 0 unspecified atom stereocenters. The average molecular weight is 357 g/mol. The first-order chi connectivity index (χ1) is 8.45. The van der Waals surface area contributed by atoms with Gasteiger partial charge in [-0.05, 0) is 15.9 Å². The van der Waals surface area contributed by atoms with E-state index in [1.807, 2.05) is 0 Å². The number of hydrogen-bond acceptors (Lipinski definition) is 5. The summed E-state index contributed by atoms with van der Waals surface area (Å²) in [5, 5.41) is 1.92. The van der Waals surface area contributed by atoms with Crippen LogP contribution in [0.3, 0.4) is 0 Å². The lowest BCUT2D eigenvalue weighted by atomic mass is 10.6. The van der Waals surface area contributed by atoms with E-state index in [0.29, 0.717) is 18.1 Å². The Morgan fingerprint density at radius 1 is 1.72 bits per heavy atom. The summed E-state index contributed by atoms with van der Waals surface area (Å²) < 4.78 is 31.2. The van der Waals surface area contributed by atoms with Gasteiger partial charge >= 0.3 is 10.1 Å².